The van der Waals surface area contributed by atoms with E-state index in [0.717, 1.165) is 5.56 Å². The monoisotopic (exact) mass is 324 g/mol. The minimum atomic E-state index is -0.532. The summed E-state index contributed by atoms with van der Waals surface area (Å²) in [6.45, 7) is 0.472. The lowest BCUT2D eigenvalue weighted by atomic mass is 10.1. The number of amides is 3. The van der Waals surface area contributed by atoms with E-state index in [0.29, 0.717) is 16.7 Å². The van der Waals surface area contributed by atoms with Gasteiger partial charge in [-0.1, -0.05) is 23.7 Å². The molecule has 21 heavy (non-hydrogen) atoms. The molecule has 2 N–H and O–H groups in total. The third-order valence-corrected chi connectivity index (χ3v) is 4.27. The predicted octanol–water partition coefficient (Wildman–Crippen LogP) is 0.906. The highest BCUT2D eigenvalue weighted by Gasteiger charge is 2.49. The summed E-state index contributed by atoms with van der Waals surface area (Å²) >= 11 is 11.2. The summed E-state index contributed by atoms with van der Waals surface area (Å²) in [6.07, 6.45) is -0.439. The van der Waals surface area contributed by atoms with Crippen LogP contribution in [0, 0.1) is 0 Å². The number of benzene rings is 1. The van der Waals surface area contributed by atoms with Gasteiger partial charge >= 0.3 is 6.03 Å². The number of likely N-dealkylation sites (N-methyl/N-ethyl adjacent to an activating group) is 1. The average Bonchev–Trinajstić information content (AvgIpc) is 2.77. The van der Waals surface area contributed by atoms with Crippen LogP contribution in [0.25, 0.3) is 0 Å². The van der Waals surface area contributed by atoms with Gasteiger partial charge in [-0.2, -0.15) is 0 Å². The van der Waals surface area contributed by atoms with Gasteiger partial charge in [-0.05, 0) is 29.9 Å². The number of carbonyl (C=O) groups excluding carboxylic acids is 2. The van der Waals surface area contributed by atoms with Gasteiger partial charge < -0.3 is 15.1 Å². The predicted molar refractivity (Wildman–Crippen MR) is 81.6 cm³/mol. The number of fused-ring (bicyclic) bond motifs is 1. The van der Waals surface area contributed by atoms with Crippen molar-refractivity contribution >= 4 is 40.9 Å². The topological polar surface area (TPSA) is 64.7 Å². The fourth-order valence-electron chi connectivity index (χ4n) is 2.53. The molecule has 0 aliphatic carbocycles. The normalized spacial score (nSPS) is 24.8. The van der Waals surface area contributed by atoms with E-state index in [1.54, 1.807) is 24.1 Å². The van der Waals surface area contributed by atoms with Gasteiger partial charge in [0.25, 0.3) is 5.91 Å². The van der Waals surface area contributed by atoms with E-state index in [1.807, 2.05) is 12.1 Å². The molecule has 0 bridgehead atoms. The van der Waals surface area contributed by atoms with Crippen LogP contribution in [-0.2, 0) is 11.3 Å². The summed E-state index contributed by atoms with van der Waals surface area (Å²) < 4.78 is 0. The van der Waals surface area contributed by atoms with Gasteiger partial charge in [-0.25, -0.2) is 4.79 Å². The number of hydrogen-bond acceptors (Lipinski definition) is 3. The molecule has 6 nitrogen and oxygen atoms in total. The van der Waals surface area contributed by atoms with Crippen LogP contribution < -0.4 is 10.6 Å². The maximum atomic E-state index is 12.1. The van der Waals surface area contributed by atoms with Crippen LogP contribution in [0.2, 0.25) is 5.02 Å². The first-order chi connectivity index (χ1) is 9.97. The lowest BCUT2D eigenvalue weighted by molar-refractivity contribution is -0.127. The van der Waals surface area contributed by atoms with E-state index in [9.17, 15) is 9.59 Å². The van der Waals surface area contributed by atoms with Crippen molar-refractivity contribution in [3.05, 3.63) is 34.9 Å². The maximum absolute atomic E-state index is 12.1. The number of hydrogen-bond donors (Lipinski definition) is 2. The minimum Gasteiger partial charge on any atom is -0.340 e. The first-order valence-electron chi connectivity index (χ1n) is 6.36. The number of nitrogens with zero attached hydrogens (tertiary/aromatic N) is 2. The third kappa shape index (κ3) is 2.43. The highest BCUT2D eigenvalue weighted by molar-refractivity contribution is 7.80. The SMILES string of the molecule is CN1C(=O)NC(=O)C2C1NC(=S)N2Cc1ccc(Cl)cc1. The Labute approximate surface area is 132 Å². The number of carbonyl (C=O) groups is 2. The number of rotatable bonds is 2. The summed E-state index contributed by atoms with van der Waals surface area (Å²) in [6, 6.07) is 6.39. The van der Waals surface area contributed by atoms with Crippen LogP contribution >= 0.6 is 23.8 Å². The molecule has 2 atom stereocenters. The van der Waals surface area contributed by atoms with Gasteiger partial charge in [-0.3, -0.25) is 10.1 Å². The molecule has 3 amide bonds. The lowest BCUT2D eigenvalue weighted by Gasteiger charge is -2.35. The highest BCUT2D eigenvalue weighted by atomic mass is 35.5. The quantitative estimate of drug-likeness (QED) is 0.792. The molecule has 2 aliphatic heterocycles. The van der Waals surface area contributed by atoms with E-state index >= 15 is 0 Å². The Morgan fingerprint density at radius 1 is 1.29 bits per heavy atom. The molecule has 0 saturated carbocycles. The van der Waals surface area contributed by atoms with Crippen molar-refractivity contribution < 1.29 is 9.59 Å². The molecular weight excluding hydrogens is 312 g/mol. The van der Waals surface area contributed by atoms with Gasteiger partial charge in [-0.15, -0.1) is 0 Å². The molecule has 8 heteroatoms. The molecule has 0 aromatic heterocycles. The molecule has 0 radical (unpaired) electrons. The standard InChI is InChI=1S/C13H13ClN4O2S/c1-17-10-9(11(19)16-12(17)20)18(13(21)15-10)6-7-2-4-8(14)5-3-7/h2-5,9-10H,6H2,1H3,(H,15,21)(H,16,19,20). The zero-order valence-electron chi connectivity index (χ0n) is 11.2. The van der Waals surface area contributed by atoms with Crippen molar-refractivity contribution in [2.75, 3.05) is 7.05 Å². The van der Waals surface area contributed by atoms with E-state index < -0.39 is 18.2 Å². The van der Waals surface area contributed by atoms with Crippen molar-refractivity contribution in [2.45, 2.75) is 18.8 Å². The van der Waals surface area contributed by atoms with E-state index in [4.69, 9.17) is 23.8 Å². The Morgan fingerprint density at radius 3 is 2.62 bits per heavy atom. The average molecular weight is 325 g/mol. The van der Waals surface area contributed by atoms with Crippen molar-refractivity contribution in [3.8, 4) is 0 Å². The maximum Gasteiger partial charge on any atom is 0.325 e. The molecule has 2 unspecified atom stereocenters. The second-order valence-electron chi connectivity index (χ2n) is 5.00. The van der Waals surface area contributed by atoms with Gasteiger partial charge in [0.15, 0.2) is 5.11 Å². The van der Waals surface area contributed by atoms with Crippen molar-refractivity contribution in [1.29, 1.82) is 0 Å². The first kappa shape index (κ1) is 14.1. The molecule has 1 aromatic carbocycles. The molecule has 2 aliphatic rings. The van der Waals surface area contributed by atoms with Crippen LogP contribution in [0.1, 0.15) is 5.56 Å². The fraction of sp³-hybridized carbons (Fsp3) is 0.308. The number of urea groups is 1. The van der Waals surface area contributed by atoms with Crippen LogP contribution in [-0.4, -0.2) is 46.1 Å². The van der Waals surface area contributed by atoms with Crippen molar-refractivity contribution in [1.82, 2.24) is 20.4 Å². The number of thiocarbonyl (C=S) groups is 1. The second kappa shape index (κ2) is 5.16. The zero-order valence-corrected chi connectivity index (χ0v) is 12.7. The van der Waals surface area contributed by atoms with E-state index in [1.165, 1.54) is 4.90 Å². The Kier molecular flexibility index (Phi) is 3.46. The highest BCUT2D eigenvalue weighted by Crippen LogP contribution is 2.23. The molecular formula is C13H13ClN4O2S. The number of imide groups is 1. The Balaban J connectivity index is 1.85. The Morgan fingerprint density at radius 2 is 1.95 bits per heavy atom. The lowest BCUT2D eigenvalue weighted by Crippen LogP contribution is -2.64. The minimum absolute atomic E-state index is 0.343. The molecule has 1 aromatic rings. The van der Waals surface area contributed by atoms with Crippen molar-refractivity contribution in [2.24, 2.45) is 0 Å². The largest absolute Gasteiger partial charge is 0.340 e. The van der Waals surface area contributed by atoms with Gasteiger partial charge in [0.1, 0.15) is 12.2 Å². The smallest absolute Gasteiger partial charge is 0.325 e. The fourth-order valence-corrected chi connectivity index (χ4v) is 2.95. The van der Waals surface area contributed by atoms with Crippen LogP contribution in [0.15, 0.2) is 24.3 Å². The Hall–Kier alpha value is -1.86. The Bertz CT molecular complexity index is 621. The van der Waals surface area contributed by atoms with Gasteiger partial charge in [0.05, 0.1) is 0 Å². The van der Waals surface area contributed by atoms with Crippen molar-refractivity contribution in [3.63, 3.8) is 0 Å². The molecule has 2 heterocycles. The second-order valence-corrected chi connectivity index (χ2v) is 5.82. The van der Waals surface area contributed by atoms with E-state index in [2.05, 4.69) is 10.6 Å². The summed E-state index contributed by atoms with van der Waals surface area (Å²) in [5.41, 5.74) is 0.983. The molecule has 110 valence electrons. The molecule has 0 spiro atoms. The number of halogens is 1. The first-order valence-corrected chi connectivity index (χ1v) is 7.15. The van der Waals surface area contributed by atoms with Crippen LogP contribution in [0.4, 0.5) is 4.79 Å². The van der Waals surface area contributed by atoms with Crippen LogP contribution in [0.5, 0.6) is 0 Å². The van der Waals surface area contributed by atoms with E-state index in [-0.39, 0.29) is 5.91 Å². The summed E-state index contributed by atoms with van der Waals surface area (Å²) in [5.74, 6) is -0.343. The third-order valence-electron chi connectivity index (χ3n) is 3.67. The summed E-state index contributed by atoms with van der Waals surface area (Å²) in [5, 5.41) is 6.46. The molecule has 2 saturated heterocycles. The molecule has 3 rings (SSSR count). The zero-order chi connectivity index (χ0) is 15.1. The summed E-state index contributed by atoms with van der Waals surface area (Å²) in [7, 11) is 1.63. The van der Waals surface area contributed by atoms with Gasteiger partial charge in [0.2, 0.25) is 0 Å². The van der Waals surface area contributed by atoms with Crippen LogP contribution in [0.3, 0.4) is 0 Å². The molecule has 2 fully saturated rings. The number of nitrogens with one attached hydrogen (secondary N) is 2. The van der Waals surface area contributed by atoms with Gasteiger partial charge in [0, 0.05) is 18.6 Å². The summed E-state index contributed by atoms with van der Waals surface area (Å²) in [4.78, 5) is 27.0.